The molecular weight excluding hydrogens is 344 g/mol. The van der Waals surface area contributed by atoms with Gasteiger partial charge < -0.3 is 9.84 Å². The molecule has 26 heavy (non-hydrogen) atoms. The van der Waals surface area contributed by atoms with Gasteiger partial charge in [-0.15, -0.1) is 0 Å². The van der Waals surface area contributed by atoms with Crippen LogP contribution in [0.3, 0.4) is 0 Å². The zero-order chi connectivity index (χ0) is 19.1. The second-order valence-electron chi connectivity index (χ2n) is 9.06. The molecule has 2 atom stereocenters. The van der Waals surface area contributed by atoms with E-state index in [1.165, 1.54) is 11.8 Å². The number of carbonyl (C=O) groups is 1. The van der Waals surface area contributed by atoms with Gasteiger partial charge in [-0.25, -0.2) is 4.79 Å². The maximum absolute atomic E-state index is 12.8. The minimum Gasteiger partial charge on any atom is -0.511 e. The topological polar surface area (TPSA) is 46.5 Å². The molecule has 0 saturated heterocycles. The highest BCUT2D eigenvalue weighted by atomic mass is 32.2. The molecule has 1 heterocycles. The predicted octanol–water partition coefficient (Wildman–Crippen LogP) is 6.09. The quantitative estimate of drug-likeness (QED) is 0.637. The molecule has 1 aromatic carbocycles. The molecule has 1 N–H and O–H groups in total. The number of aliphatic hydroxyl groups excluding tert-OH is 1. The Morgan fingerprint density at radius 2 is 2.00 bits per heavy atom. The lowest BCUT2D eigenvalue weighted by Gasteiger charge is -2.46. The molecule has 3 nitrogen and oxygen atoms in total. The van der Waals surface area contributed by atoms with E-state index in [0.717, 1.165) is 41.7 Å². The summed E-state index contributed by atoms with van der Waals surface area (Å²) >= 11 is 1.33. The van der Waals surface area contributed by atoms with Gasteiger partial charge in [0.2, 0.25) is 0 Å². The van der Waals surface area contributed by atoms with Crippen LogP contribution in [0.1, 0.15) is 64.0 Å². The highest BCUT2D eigenvalue weighted by molar-refractivity contribution is 8.04. The number of carbonyl (C=O) groups excluding carboxylic acids is 1. The van der Waals surface area contributed by atoms with Crippen molar-refractivity contribution in [2.75, 3.05) is 0 Å². The lowest BCUT2D eigenvalue weighted by molar-refractivity contribution is -0.165. The van der Waals surface area contributed by atoms with Crippen molar-refractivity contribution >= 4 is 17.7 Å². The van der Waals surface area contributed by atoms with Crippen LogP contribution in [0, 0.1) is 25.2 Å². The van der Waals surface area contributed by atoms with E-state index in [0.29, 0.717) is 17.2 Å². The van der Waals surface area contributed by atoms with Crippen molar-refractivity contribution in [1.82, 2.24) is 0 Å². The van der Waals surface area contributed by atoms with Crippen LogP contribution in [0.5, 0.6) is 0 Å². The largest absolute Gasteiger partial charge is 0.511 e. The summed E-state index contributed by atoms with van der Waals surface area (Å²) in [5.41, 5.74) is 1.90. The fourth-order valence-electron chi connectivity index (χ4n) is 4.13. The normalized spacial score (nSPS) is 27.0. The summed E-state index contributed by atoms with van der Waals surface area (Å²) in [7, 11) is 0. The molecule has 1 aromatic rings. The summed E-state index contributed by atoms with van der Waals surface area (Å²) in [6, 6.07) is 6.14. The summed E-state index contributed by atoms with van der Waals surface area (Å²) in [5.74, 6) is 0.334. The average Bonchev–Trinajstić information content (AvgIpc) is 2.53. The van der Waals surface area contributed by atoms with E-state index in [9.17, 15) is 9.90 Å². The van der Waals surface area contributed by atoms with Crippen molar-refractivity contribution in [1.29, 1.82) is 0 Å². The SMILES string of the molecule is Cc1ccc(C)c(SC2=C(O)CC3(CCCC(C(C)(C)C)C3)OC2=O)c1. The third-order valence-electron chi connectivity index (χ3n) is 5.83. The van der Waals surface area contributed by atoms with Gasteiger partial charge in [0.05, 0.1) is 0 Å². The van der Waals surface area contributed by atoms with Gasteiger partial charge in [-0.2, -0.15) is 0 Å². The number of aliphatic hydroxyl groups is 1. The zero-order valence-corrected chi connectivity index (χ0v) is 17.3. The highest BCUT2D eigenvalue weighted by Crippen LogP contribution is 2.49. The van der Waals surface area contributed by atoms with E-state index >= 15 is 0 Å². The van der Waals surface area contributed by atoms with Crippen molar-refractivity contribution in [3.8, 4) is 0 Å². The summed E-state index contributed by atoms with van der Waals surface area (Å²) in [5, 5.41) is 10.7. The highest BCUT2D eigenvalue weighted by Gasteiger charge is 2.47. The van der Waals surface area contributed by atoms with Crippen LogP contribution in [-0.2, 0) is 9.53 Å². The summed E-state index contributed by atoms with van der Waals surface area (Å²) < 4.78 is 5.99. The van der Waals surface area contributed by atoms with Crippen molar-refractivity contribution < 1.29 is 14.6 Å². The number of hydrogen-bond donors (Lipinski definition) is 1. The van der Waals surface area contributed by atoms with E-state index < -0.39 is 5.60 Å². The lowest BCUT2D eigenvalue weighted by atomic mass is 9.66. The van der Waals surface area contributed by atoms with Crippen LogP contribution in [0.2, 0.25) is 0 Å². The second-order valence-corrected chi connectivity index (χ2v) is 10.1. The van der Waals surface area contributed by atoms with E-state index in [2.05, 4.69) is 26.8 Å². The van der Waals surface area contributed by atoms with Crippen molar-refractivity contribution in [3.63, 3.8) is 0 Å². The van der Waals surface area contributed by atoms with Crippen molar-refractivity contribution in [2.45, 2.75) is 77.2 Å². The molecule has 142 valence electrons. The third-order valence-corrected chi connectivity index (χ3v) is 7.10. The Kier molecular flexibility index (Phi) is 5.17. The molecule has 1 aliphatic carbocycles. The van der Waals surface area contributed by atoms with E-state index in [1.807, 2.05) is 26.0 Å². The Labute approximate surface area is 161 Å². The molecular formula is C22H30O3S. The smallest absolute Gasteiger partial charge is 0.349 e. The average molecular weight is 375 g/mol. The first-order valence-corrected chi connectivity index (χ1v) is 10.3. The standard InChI is InChI=1S/C22H30O3S/c1-14-8-9-15(2)18(11-14)26-19-17(23)13-22(25-20(19)24)10-6-7-16(12-22)21(3,4)5/h8-9,11,16,23H,6-7,10,12-13H2,1-5H3. The van der Waals surface area contributed by atoms with Crippen LogP contribution >= 0.6 is 11.8 Å². The fourth-order valence-corrected chi connectivity index (χ4v) is 5.14. The maximum atomic E-state index is 12.8. The number of rotatable bonds is 2. The van der Waals surface area contributed by atoms with Gasteiger partial charge in [-0.1, -0.05) is 44.7 Å². The molecule has 3 rings (SSSR count). The summed E-state index contributed by atoms with van der Waals surface area (Å²) in [6.45, 7) is 10.8. The first-order chi connectivity index (χ1) is 12.1. The maximum Gasteiger partial charge on any atom is 0.349 e. The van der Waals surface area contributed by atoms with Crippen LogP contribution in [0.15, 0.2) is 33.8 Å². The number of esters is 1. The Morgan fingerprint density at radius 3 is 2.65 bits per heavy atom. The minimum atomic E-state index is -0.525. The molecule has 0 radical (unpaired) electrons. The Bertz CT molecular complexity index is 744. The van der Waals surface area contributed by atoms with Gasteiger partial charge in [0.15, 0.2) is 0 Å². The van der Waals surface area contributed by atoms with E-state index in [-0.39, 0.29) is 17.1 Å². The minimum absolute atomic E-state index is 0.187. The first kappa shape index (κ1) is 19.3. The Morgan fingerprint density at radius 1 is 1.27 bits per heavy atom. The number of hydrogen-bond acceptors (Lipinski definition) is 4. The molecule has 0 bridgehead atoms. The zero-order valence-electron chi connectivity index (χ0n) is 16.5. The summed E-state index contributed by atoms with van der Waals surface area (Å²) in [6.07, 6.45) is 4.34. The van der Waals surface area contributed by atoms with Crippen molar-refractivity contribution in [3.05, 3.63) is 40.0 Å². The molecule has 1 fully saturated rings. The fraction of sp³-hybridized carbons (Fsp3) is 0.591. The Balaban J connectivity index is 1.84. The van der Waals surface area contributed by atoms with Crippen LogP contribution < -0.4 is 0 Å². The predicted molar refractivity (Wildman–Crippen MR) is 106 cm³/mol. The molecule has 4 heteroatoms. The van der Waals surface area contributed by atoms with Gasteiger partial charge in [-0.05, 0) is 68.1 Å². The molecule has 2 aliphatic rings. The van der Waals surface area contributed by atoms with E-state index in [1.54, 1.807) is 0 Å². The Hall–Kier alpha value is -1.42. The van der Waals surface area contributed by atoms with Gasteiger partial charge >= 0.3 is 5.97 Å². The van der Waals surface area contributed by atoms with Crippen LogP contribution in [-0.4, -0.2) is 16.7 Å². The summed E-state index contributed by atoms with van der Waals surface area (Å²) in [4.78, 5) is 14.1. The lowest BCUT2D eigenvalue weighted by Crippen LogP contribution is -2.45. The van der Waals surface area contributed by atoms with Gasteiger partial charge in [0.1, 0.15) is 16.3 Å². The van der Waals surface area contributed by atoms with E-state index in [4.69, 9.17) is 4.74 Å². The molecule has 1 saturated carbocycles. The third kappa shape index (κ3) is 3.95. The number of thioether (sulfide) groups is 1. The number of aryl methyl sites for hydroxylation is 2. The molecule has 0 amide bonds. The monoisotopic (exact) mass is 374 g/mol. The molecule has 1 aliphatic heterocycles. The van der Waals surface area contributed by atoms with Crippen molar-refractivity contribution in [2.24, 2.45) is 11.3 Å². The number of benzene rings is 1. The first-order valence-electron chi connectivity index (χ1n) is 9.50. The molecule has 2 unspecified atom stereocenters. The van der Waals surface area contributed by atoms with Gasteiger partial charge in [0, 0.05) is 11.3 Å². The van der Waals surface area contributed by atoms with Crippen LogP contribution in [0.25, 0.3) is 0 Å². The van der Waals surface area contributed by atoms with Crippen LogP contribution in [0.4, 0.5) is 0 Å². The van der Waals surface area contributed by atoms with Gasteiger partial charge in [0.25, 0.3) is 0 Å². The number of ether oxygens (including phenoxy) is 1. The van der Waals surface area contributed by atoms with Gasteiger partial charge in [-0.3, -0.25) is 0 Å². The molecule has 0 aromatic heterocycles. The second kappa shape index (κ2) is 6.95. The molecule has 1 spiro atoms.